The fourth-order valence-corrected chi connectivity index (χ4v) is 2.40. The lowest BCUT2D eigenvalue weighted by Crippen LogP contribution is -2.35. The van der Waals surface area contributed by atoms with Gasteiger partial charge in [0.2, 0.25) is 0 Å². The van der Waals surface area contributed by atoms with Crippen LogP contribution in [0.3, 0.4) is 0 Å². The summed E-state index contributed by atoms with van der Waals surface area (Å²) in [7, 11) is 0. The number of aryl methyl sites for hydroxylation is 2. The van der Waals surface area contributed by atoms with E-state index in [-0.39, 0.29) is 0 Å². The van der Waals surface area contributed by atoms with Crippen LogP contribution in [-0.2, 0) is 14.3 Å². The summed E-state index contributed by atoms with van der Waals surface area (Å²) < 4.78 is 10.7. The number of esters is 1. The van der Waals surface area contributed by atoms with E-state index in [1.165, 1.54) is 6.92 Å². The van der Waals surface area contributed by atoms with Gasteiger partial charge in [-0.1, -0.05) is 29.3 Å². The number of carbonyl (C=O) groups is 2. The summed E-state index contributed by atoms with van der Waals surface area (Å²) in [5.41, 5.74) is 2.73. The van der Waals surface area contributed by atoms with Crippen molar-refractivity contribution in [1.29, 1.82) is 0 Å². The zero-order valence-corrected chi connectivity index (χ0v) is 16.0. The maximum Gasteiger partial charge on any atom is 0.347 e. The molecule has 2 unspecified atom stereocenters. The summed E-state index contributed by atoms with van der Waals surface area (Å²) in [5.74, 6) is -0.529. The van der Waals surface area contributed by atoms with Crippen molar-refractivity contribution in [3.63, 3.8) is 0 Å². The van der Waals surface area contributed by atoms with Crippen molar-refractivity contribution in [2.45, 2.75) is 39.9 Å². The highest BCUT2D eigenvalue weighted by molar-refractivity contribution is 6.30. The second-order valence-electron chi connectivity index (χ2n) is 6.10. The van der Waals surface area contributed by atoms with E-state index in [1.54, 1.807) is 31.2 Å². The van der Waals surface area contributed by atoms with Crippen molar-refractivity contribution < 1.29 is 19.1 Å². The predicted molar refractivity (Wildman–Crippen MR) is 102 cm³/mol. The molecule has 1 N–H and O–H groups in total. The largest absolute Gasteiger partial charge is 0.479 e. The van der Waals surface area contributed by atoms with Gasteiger partial charge in [-0.05, 0) is 63.6 Å². The van der Waals surface area contributed by atoms with Crippen LogP contribution in [0.4, 0.5) is 5.69 Å². The molecule has 5 nitrogen and oxygen atoms in total. The van der Waals surface area contributed by atoms with Gasteiger partial charge in [-0.3, -0.25) is 4.79 Å². The number of nitrogens with one attached hydrogen (secondary N) is 1. The zero-order valence-electron chi connectivity index (χ0n) is 15.2. The monoisotopic (exact) mass is 375 g/mol. The zero-order chi connectivity index (χ0) is 19.3. The number of halogens is 1. The Kier molecular flexibility index (Phi) is 6.64. The van der Waals surface area contributed by atoms with Gasteiger partial charge in [0.1, 0.15) is 5.75 Å². The summed E-state index contributed by atoms with van der Waals surface area (Å²) in [6, 6.07) is 12.3. The van der Waals surface area contributed by atoms with E-state index in [2.05, 4.69) is 5.32 Å². The van der Waals surface area contributed by atoms with Crippen LogP contribution >= 0.6 is 11.6 Å². The van der Waals surface area contributed by atoms with Crippen molar-refractivity contribution in [2.75, 3.05) is 5.32 Å². The first-order valence-corrected chi connectivity index (χ1v) is 8.65. The van der Waals surface area contributed by atoms with E-state index in [9.17, 15) is 9.59 Å². The van der Waals surface area contributed by atoms with Crippen LogP contribution in [0.2, 0.25) is 5.02 Å². The summed E-state index contributed by atoms with van der Waals surface area (Å²) in [4.78, 5) is 24.4. The second kappa shape index (κ2) is 8.72. The summed E-state index contributed by atoms with van der Waals surface area (Å²) in [6.45, 7) is 6.96. The van der Waals surface area contributed by atoms with Crippen LogP contribution in [-0.4, -0.2) is 24.1 Å². The summed E-state index contributed by atoms with van der Waals surface area (Å²) in [5, 5.41) is 3.34. The third-order valence-electron chi connectivity index (χ3n) is 3.76. The molecule has 0 aromatic heterocycles. The molecule has 0 fully saturated rings. The van der Waals surface area contributed by atoms with E-state index >= 15 is 0 Å². The number of rotatable bonds is 6. The van der Waals surface area contributed by atoms with Crippen LogP contribution in [0.15, 0.2) is 42.5 Å². The van der Waals surface area contributed by atoms with E-state index in [0.29, 0.717) is 16.5 Å². The molecule has 2 atom stereocenters. The predicted octanol–water partition coefficient (Wildman–Crippen LogP) is 4.29. The SMILES string of the molecule is Cc1ccc(NC(=O)C(C)OC(=O)C(C)Oc2ccc(Cl)cc2)c(C)c1. The van der Waals surface area contributed by atoms with Crippen molar-refractivity contribution in [1.82, 2.24) is 0 Å². The summed E-state index contributed by atoms with van der Waals surface area (Å²) in [6.07, 6.45) is -1.80. The molecule has 0 aliphatic carbocycles. The minimum atomic E-state index is -0.945. The lowest BCUT2D eigenvalue weighted by atomic mass is 10.1. The number of hydrogen-bond donors (Lipinski definition) is 1. The Hall–Kier alpha value is -2.53. The molecule has 2 rings (SSSR count). The molecule has 2 aromatic carbocycles. The van der Waals surface area contributed by atoms with Crippen molar-refractivity contribution in [2.24, 2.45) is 0 Å². The minimum Gasteiger partial charge on any atom is -0.479 e. The topological polar surface area (TPSA) is 64.6 Å². The van der Waals surface area contributed by atoms with Gasteiger partial charge < -0.3 is 14.8 Å². The van der Waals surface area contributed by atoms with Gasteiger partial charge >= 0.3 is 5.97 Å². The van der Waals surface area contributed by atoms with Crippen molar-refractivity contribution in [3.8, 4) is 5.75 Å². The number of benzene rings is 2. The average molecular weight is 376 g/mol. The molecule has 0 radical (unpaired) electrons. The van der Waals surface area contributed by atoms with E-state index < -0.39 is 24.1 Å². The van der Waals surface area contributed by atoms with Crippen LogP contribution in [0.1, 0.15) is 25.0 Å². The van der Waals surface area contributed by atoms with Crippen LogP contribution < -0.4 is 10.1 Å². The maximum absolute atomic E-state index is 12.3. The van der Waals surface area contributed by atoms with E-state index in [0.717, 1.165) is 11.1 Å². The molecule has 0 aliphatic heterocycles. The van der Waals surface area contributed by atoms with E-state index in [1.807, 2.05) is 32.0 Å². The van der Waals surface area contributed by atoms with Gasteiger partial charge in [0.05, 0.1) is 0 Å². The standard InChI is InChI=1S/C20H22ClNO4/c1-12-5-10-18(13(2)11-12)22-19(23)14(3)26-20(24)15(4)25-17-8-6-16(21)7-9-17/h5-11,14-15H,1-4H3,(H,22,23). The van der Waals surface area contributed by atoms with Gasteiger partial charge in [-0.25, -0.2) is 4.79 Å². The smallest absolute Gasteiger partial charge is 0.347 e. The van der Waals surface area contributed by atoms with Crippen LogP contribution in [0.25, 0.3) is 0 Å². The number of amides is 1. The quantitative estimate of drug-likeness (QED) is 0.765. The molecule has 0 spiro atoms. The van der Waals surface area contributed by atoms with Crippen LogP contribution in [0.5, 0.6) is 5.75 Å². The number of anilines is 1. The number of ether oxygens (including phenoxy) is 2. The molecular weight excluding hydrogens is 354 g/mol. The maximum atomic E-state index is 12.3. The van der Waals surface area contributed by atoms with Crippen molar-refractivity contribution in [3.05, 3.63) is 58.6 Å². The number of carbonyl (C=O) groups excluding carboxylic acids is 2. The Morgan fingerprint density at radius 1 is 1.00 bits per heavy atom. The highest BCUT2D eigenvalue weighted by Crippen LogP contribution is 2.18. The first kappa shape index (κ1) is 19.8. The van der Waals surface area contributed by atoms with Gasteiger partial charge in [-0.15, -0.1) is 0 Å². The van der Waals surface area contributed by atoms with Crippen molar-refractivity contribution >= 4 is 29.2 Å². The molecular formula is C20H22ClNO4. The second-order valence-corrected chi connectivity index (χ2v) is 6.54. The third kappa shape index (κ3) is 5.49. The third-order valence-corrected chi connectivity index (χ3v) is 4.01. The average Bonchev–Trinajstić information content (AvgIpc) is 2.59. The highest BCUT2D eigenvalue weighted by Gasteiger charge is 2.23. The molecule has 6 heteroatoms. The van der Waals surface area contributed by atoms with Gasteiger partial charge in [0.15, 0.2) is 12.2 Å². The first-order chi connectivity index (χ1) is 12.3. The normalized spacial score (nSPS) is 12.8. The molecule has 2 aromatic rings. The molecule has 0 aliphatic rings. The lowest BCUT2D eigenvalue weighted by Gasteiger charge is -2.18. The highest BCUT2D eigenvalue weighted by atomic mass is 35.5. The molecule has 0 saturated heterocycles. The fourth-order valence-electron chi connectivity index (χ4n) is 2.28. The van der Waals surface area contributed by atoms with Gasteiger partial charge in [-0.2, -0.15) is 0 Å². The summed E-state index contributed by atoms with van der Waals surface area (Å²) >= 11 is 5.81. The van der Waals surface area contributed by atoms with Crippen LogP contribution in [0, 0.1) is 13.8 Å². The molecule has 0 heterocycles. The van der Waals surface area contributed by atoms with Gasteiger partial charge in [0, 0.05) is 10.7 Å². The minimum absolute atomic E-state index is 0.399. The molecule has 0 bridgehead atoms. The Labute approximate surface area is 158 Å². The van der Waals surface area contributed by atoms with Gasteiger partial charge in [0.25, 0.3) is 5.91 Å². The Morgan fingerprint density at radius 3 is 2.27 bits per heavy atom. The molecule has 1 amide bonds. The Bertz CT molecular complexity index is 789. The fraction of sp³-hybridized carbons (Fsp3) is 0.300. The Balaban J connectivity index is 1.90. The molecule has 138 valence electrons. The first-order valence-electron chi connectivity index (χ1n) is 8.27. The Morgan fingerprint density at radius 2 is 1.65 bits per heavy atom. The molecule has 0 saturated carbocycles. The number of hydrogen-bond acceptors (Lipinski definition) is 4. The molecule has 26 heavy (non-hydrogen) atoms. The lowest BCUT2D eigenvalue weighted by molar-refractivity contribution is -0.159. The van der Waals surface area contributed by atoms with E-state index in [4.69, 9.17) is 21.1 Å².